The van der Waals surface area contributed by atoms with E-state index in [1.54, 1.807) is 0 Å². The lowest BCUT2D eigenvalue weighted by molar-refractivity contribution is 0.198. The first-order valence-electron chi connectivity index (χ1n) is 10.6. The van der Waals surface area contributed by atoms with Crippen molar-refractivity contribution in [2.45, 2.75) is 45.8 Å². The third-order valence-corrected chi connectivity index (χ3v) is 5.40. The van der Waals surface area contributed by atoms with Crippen molar-refractivity contribution in [3.63, 3.8) is 0 Å². The van der Waals surface area contributed by atoms with E-state index >= 15 is 0 Å². The zero-order valence-electron chi connectivity index (χ0n) is 18.4. The zero-order chi connectivity index (χ0) is 20.5. The molecule has 2 N–H and O–H groups in total. The molecule has 0 aliphatic carbocycles. The van der Waals surface area contributed by atoms with Crippen LogP contribution in [0.1, 0.15) is 36.5 Å². The highest BCUT2D eigenvalue weighted by Crippen LogP contribution is 2.19. The van der Waals surface area contributed by atoms with Crippen LogP contribution in [0.4, 0.5) is 0 Å². The van der Waals surface area contributed by atoms with Crippen molar-refractivity contribution < 1.29 is 4.74 Å². The maximum Gasteiger partial charge on any atom is 0.191 e. The monoisotopic (exact) mass is 522 g/mol. The van der Waals surface area contributed by atoms with Crippen molar-refractivity contribution in [3.05, 3.63) is 65.2 Å². The second-order valence-corrected chi connectivity index (χ2v) is 7.64. The van der Waals surface area contributed by atoms with Gasteiger partial charge in [0.25, 0.3) is 0 Å². The third-order valence-electron chi connectivity index (χ3n) is 5.40. The van der Waals surface area contributed by atoms with Gasteiger partial charge in [-0.05, 0) is 49.4 Å². The average Bonchev–Trinajstić information content (AvgIpc) is 2.75. The summed E-state index contributed by atoms with van der Waals surface area (Å²) in [5, 5.41) is 7.04. The van der Waals surface area contributed by atoms with Crippen LogP contribution in [0.3, 0.4) is 0 Å². The number of piperidine rings is 1. The van der Waals surface area contributed by atoms with Crippen LogP contribution >= 0.6 is 24.0 Å². The van der Waals surface area contributed by atoms with Gasteiger partial charge in [-0.3, -0.25) is 9.89 Å². The Kier molecular flexibility index (Phi) is 10.4. The van der Waals surface area contributed by atoms with E-state index in [2.05, 4.69) is 76.0 Å². The van der Waals surface area contributed by atoms with E-state index in [1.807, 2.05) is 14.0 Å². The molecule has 1 heterocycles. The number of benzene rings is 2. The summed E-state index contributed by atoms with van der Waals surface area (Å²) in [6.07, 6.45) is 2.27. The highest BCUT2D eigenvalue weighted by atomic mass is 127. The van der Waals surface area contributed by atoms with Crippen LogP contribution in [0.25, 0.3) is 0 Å². The molecule has 0 saturated carbocycles. The van der Waals surface area contributed by atoms with Crippen LogP contribution in [0, 0.1) is 6.92 Å². The van der Waals surface area contributed by atoms with Gasteiger partial charge in [0.2, 0.25) is 0 Å². The SMILES string of the molecule is CCOc1ccc(CNC(=NC)NC2CCN(Cc3ccccc3)CC2)cc1C.I. The maximum atomic E-state index is 5.62. The van der Waals surface area contributed by atoms with Crippen molar-refractivity contribution in [3.8, 4) is 5.75 Å². The molecular weight excluding hydrogens is 487 g/mol. The number of ether oxygens (including phenoxy) is 1. The number of hydrogen-bond donors (Lipinski definition) is 2. The van der Waals surface area contributed by atoms with Gasteiger partial charge in [0.15, 0.2) is 5.96 Å². The molecule has 1 aliphatic heterocycles. The first-order valence-corrected chi connectivity index (χ1v) is 10.6. The molecule has 1 aliphatic rings. The van der Waals surface area contributed by atoms with Gasteiger partial charge in [0, 0.05) is 39.3 Å². The highest BCUT2D eigenvalue weighted by Gasteiger charge is 2.20. The van der Waals surface area contributed by atoms with Crippen LogP contribution in [0.15, 0.2) is 53.5 Å². The fourth-order valence-corrected chi connectivity index (χ4v) is 3.79. The predicted molar refractivity (Wildman–Crippen MR) is 136 cm³/mol. The first kappa shape index (κ1) is 24.5. The molecule has 0 unspecified atom stereocenters. The molecule has 1 saturated heterocycles. The number of halogens is 1. The van der Waals surface area contributed by atoms with Crippen molar-refractivity contribution in [1.29, 1.82) is 0 Å². The van der Waals surface area contributed by atoms with E-state index in [1.165, 1.54) is 16.7 Å². The van der Waals surface area contributed by atoms with Crippen LogP contribution in [-0.2, 0) is 13.1 Å². The van der Waals surface area contributed by atoms with E-state index in [0.29, 0.717) is 12.6 Å². The van der Waals surface area contributed by atoms with E-state index in [0.717, 1.165) is 50.7 Å². The summed E-state index contributed by atoms with van der Waals surface area (Å²) in [4.78, 5) is 6.94. The highest BCUT2D eigenvalue weighted by molar-refractivity contribution is 14.0. The van der Waals surface area contributed by atoms with Gasteiger partial charge in [-0.1, -0.05) is 42.5 Å². The number of rotatable bonds is 7. The van der Waals surface area contributed by atoms with Crippen molar-refractivity contribution in [2.24, 2.45) is 4.99 Å². The molecule has 0 radical (unpaired) electrons. The van der Waals surface area contributed by atoms with E-state index in [9.17, 15) is 0 Å². The lowest BCUT2D eigenvalue weighted by Crippen LogP contribution is -2.48. The summed E-state index contributed by atoms with van der Waals surface area (Å²) in [6.45, 7) is 8.81. The molecule has 0 aromatic heterocycles. The third kappa shape index (κ3) is 7.47. The summed E-state index contributed by atoms with van der Waals surface area (Å²) in [6, 6.07) is 17.5. The van der Waals surface area contributed by atoms with Gasteiger partial charge in [0.05, 0.1) is 6.61 Å². The summed E-state index contributed by atoms with van der Waals surface area (Å²) in [7, 11) is 1.84. The summed E-state index contributed by atoms with van der Waals surface area (Å²) < 4.78 is 5.62. The van der Waals surface area contributed by atoms with Gasteiger partial charge in [-0.2, -0.15) is 0 Å². The average molecular weight is 522 g/mol. The molecule has 1 fully saturated rings. The summed E-state index contributed by atoms with van der Waals surface area (Å²) in [5.41, 5.74) is 3.79. The normalized spacial score (nSPS) is 15.4. The fourth-order valence-electron chi connectivity index (χ4n) is 3.79. The van der Waals surface area contributed by atoms with Crippen molar-refractivity contribution in [2.75, 3.05) is 26.7 Å². The van der Waals surface area contributed by atoms with Crippen LogP contribution < -0.4 is 15.4 Å². The second kappa shape index (κ2) is 12.8. The number of hydrogen-bond acceptors (Lipinski definition) is 3. The summed E-state index contributed by atoms with van der Waals surface area (Å²) >= 11 is 0. The topological polar surface area (TPSA) is 48.9 Å². The molecule has 0 bridgehead atoms. The van der Waals surface area contributed by atoms with Crippen molar-refractivity contribution in [1.82, 2.24) is 15.5 Å². The van der Waals surface area contributed by atoms with Crippen LogP contribution in [0.2, 0.25) is 0 Å². The first-order chi connectivity index (χ1) is 14.2. The summed E-state index contributed by atoms with van der Waals surface area (Å²) in [5.74, 6) is 1.83. The molecule has 2 aromatic rings. The minimum atomic E-state index is 0. The van der Waals surface area contributed by atoms with E-state index in [-0.39, 0.29) is 24.0 Å². The smallest absolute Gasteiger partial charge is 0.191 e. The number of nitrogens with zero attached hydrogens (tertiary/aromatic N) is 2. The van der Waals surface area contributed by atoms with Crippen molar-refractivity contribution >= 4 is 29.9 Å². The Morgan fingerprint density at radius 2 is 1.83 bits per heavy atom. The van der Waals surface area contributed by atoms with Crippen LogP contribution in [-0.4, -0.2) is 43.6 Å². The fraction of sp³-hybridized carbons (Fsp3) is 0.458. The Labute approximate surface area is 198 Å². The Balaban J connectivity index is 0.00000320. The number of aryl methyl sites for hydroxylation is 1. The minimum absolute atomic E-state index is 0. The number of likely N-dealkylation sites (tertiary alicyclic amines) is 1. The van der Waals surface area contributed by atoms with E-state index in [4.69, 9.17) is 4.74 Å². The maximum absolute atomic E-state index is 5.62. The molecule has 3 rings (SSSR count). The largest absolute Gasteiger partial charge is 0.494 e. The standard InChI is InChI=1S/C24H34N4O.HI/c1-4-29-23-11-10-21(16-19(23)2)17-26-24(25-3)27-22-12-14-28(15-13-22)18-20-8-6-5-7-9-20;/h5-11,16,22H,4,12-15,17-18H2,1-3H3,(H2,25,26,27);1H. The minimum Gasteiger partial charge on any atom is -0.494 e. The second-order valence-electron chi connectivity index (χ2n) is 7.64. The molecule has 0 spiro atoms. The molecule has 0 atom stereocenters. The number of aliphatic imine (C=N–C) groups is 1. The number of guanidine groups is 1. The lowest BCUT2D eigenvalue weighted by Gasteiger charge is -2.33. The quantitative estimate of drug-likeness (QED) is 0.323. The Morgan fingerprint density at radius 1 is 1.10 bits per heavy atom. The Morgan fingerprint density at radius 3 is 2.47 bits per heavy atom. The van der Waals surface area contributed by atoms with E-state index < -0.39 is 0 Å². The molecule has 164 valence electrons. The molecule has 30 heavy (non-hydrogen) atoms. The van der Waals surface area contributed by atoms with Gasteiger partial charge in [-0.25, -0.2) is 0 Å². The molecule has 2 aromatic carbocycles. The molecule has 5 nitrogen and oxygen atoms in total. The Bertz CT molecular complexity index is 789. The lowest BCUT2D eigenvalue weighted by atomic mass is 10.0. The van der Waals surface area contributed by atoms with Gasteiger partial charge in [0.1, 0.15) is 5.75 Å². The molecule has 6 heteroatoms. The predicted octanol–water partition coefficient (Wildman–Crippen LogP) is 4.34. The van der Waals surface area contributed by atoms with Gasteiger partial charge < -0.3 is 15.4 Å². The van der Waals surface area contributed by atoms with Crippen LogP contribution in [0.5, 0.6) is 5.75 Å². The molecular formula is C24H35IN4O. The zero-order valence-corrected chi connectivity index (χ0v) is 20.7. The number of nitrogens with one attached hydrogen (secondary N) is 2. The Hall–Kier alpha value is -1.80. The molecule has 0 amide bonds. The van der Waals surface area contributed by atoms with Gasteiger partial charge in [-0.15, -0.1) is 24.0 Å². The van der Waals surface area contributed by atoms with Gasteiger partial charge >= 0.3 is 0 Å².